The quantitative estimate of drug-likeness (QED) is 0.649. The highest BCUT2D eigenvalue weighted by molar-refractivity contribution is 5.74. The van der Waals surface area contributed by atoms with Gasteiger partial charge in [0, 0.05) is 31.9 Å². The number of anilines is 3. The van der Waals surface area contributed by atoms with Crippen molar-refractivity contribution < 1.29 is 9.66 Å². The molecule has 1 aliphatic heterocycles. The molecule has 0 radical (unpaired) electrons. The van der Waals surface area contributed by atoms with Crippen molar-refractivity contribution in [3.8, 4) is 5.75 Å². The van der Waals surface area contributed by atoms with E-state index < -0.39 is 4.92 Å². The fourth-order valence-corrected chi connectivity index (χ4v) is 2.69. The highest BCUT2D eigenvalue weighted by Crippen LogP contribution is 2.34. The monoisotopic (exact) mass is 344 g/mol. The first kappa shape index (κ1) is 16.9. The third-order valence-electron chi connectivity index (χ3n) is 4.14. The van der Waals surface area contributed by atoms with Crippen LogP contribution in [0.2, 0.25) is 0 Å². The first-order valence-corrected chi connectivity index (χ1v) is 7.92. The molecular weight excluding hydrogens is 324 g/mol. The van der Waals surface area contributed by atoms with Gasteiger partial charge in [-0.15, -0.1) is 0 Å². The van der Waals surface area contributed by atoms with E-state index in [-0.39, 0.29) is 11.5 Å². The van der Waals surface area contributed by atoms with Gasteiger partial charge in [0.15, 0.2) is 0 Å². The Bertz CT molecular complexity index is 744. The van der Waals surface area contributed by atoms with E-state index in [0.717, 1.165) is 13.1 Å². The molecule has 25 heavy (non-hydrogen) atoms. The number of ether oxygens (including phenoxy) is 1. The van der Waals surface area contributed by atoms with E-state index in [9.17, 15) is 10.1 Å². The molecule has 0 aliphatic carbocycles. The molecule has 1 N–H and O–H groups in total. The lowest BCUT2D eigenvalue weighted by Gasteiger charge is -2.32. The van der Waals surface area contributed by atoms with Gasteiger partial charge in [0.25, 0.3) is 0 Å². The van der Waals surface area contributed by atoms with Crippen LogP contribution in [0.5, 0.6) is 5.75 Å². The molecule has 1 fully saturated rings. The minimum atomic E-state index is -0.431. The summed E-state index contributed by atoms with van der Waals surface area (Å²) in [7, 11) is 3.61. The lowest BCUT2D eigenvalue weighted by atomic mass is 10.2. The summed E-state index contributed by atoms with van der Waals surface area (Å²) in [6.07, 6.45) is 1.35. The number of aromatic nitrogens is 2. The van der Waals surface area contributed by atoms with Gasteiger partial charge in [0.2, 0.25) is 11.6 Å². The largest absolute Gasteiger partial charge is 0.497 e. The highest BCUT2D eigenvalue weighted by Gasteiger charge is 2.28. The fourth-order valence-electron chi connectivity index (χ4n) is 2.69. The number of benzene rings is 1. The molecule has 1 aromatic heterocycles. The van der Waals surface area contributed by atoms with Crippen LogP contribution < -0.4 is 15.0 Å². The molecule has 9 heteroatoms. The molecule has 1 aromatic carbocycles. The average Bonchev–Trinajstić information content (AvgIpc) is 2.62. The van der Waals surface area contributed by atoms with E-state index in [2.05, 4.69) is 20.2 Å². The van der Waals surface area contributed by atoms with E-state index in [1.54, 1.807) is 31.4 Å². The molecule has 0 amide bonds. The Kier molecular flexibility index (Phi) is 4.94. The van der Waals surface area contributed by atoms with Gasteiger partial charge in [0.1, 0.15) is 12.1 Å². The first-order chi connectivity index (χ1) is 12.1. The number of nitrogens with one attached hydrogen (secondary N) is 1. The smallest absolute Gasteiger partial charge is 0.353 e. The van der Waals surface area contributed by atoms with Crippen molar-refractivity contribution in [1.29, 1.82) is 0 Å². The third-order valence-corrected chi connectivity index (χ3v) is 4.14. The zero-order valence-corrected chi connectivity index (χ0v) is 14.2. The minimum absolute atomic E-state index is 0.108. The maximum atomic E-state index is 11.7. The second-order valence-electron chi connectivity index (χ2n) is 5.80. The fraction of sp³-hybridized carbons (Fsp3) is 0.375. The molecule has 1 saturated heterocycles. The standard InChI is InChI=1S/C16H20N6O3/c1-20-7-9-21(10-8-20)16-14(22(23)24)15(17-11-18-16)19-12-3-5-13(25-2)6-4-12/h3-6,11H,7-10H2,1-2H3,(H,17,18,19). The van der Waals surface area contributed by atoms with Crippen molar-refractivity contribution in [2.24, 2.45) is 0 Å². The van der Waals surface area contributed by atoms with Crippen LogP contribution >= 0.6 is 0 Å². The SMILES string of the molecule is COc1ccc(Nc2ncnc(N3CCN(C)CC3)c2[N+](=O)[O-])cc1. The van der Waals surface area contributed by atoms with Crippen LogP contribution in [0.25, 0.3) is 0 Å². The van der Waals surface area contributed by atoms with Gasteiger partial charge in [-0.2, -0.15) is 0 Å². The molecule has 2 aromatic rings. The number of hydrogen-bond acceptors (Lipinski definition) is 8. The number of nitrogens with zero attached hydrogens (tertiary/aromatic N) is 5. The normalized spacial score (nSPS) is 15.0. The second kappa shape index (κ2) is 7.31. The summed E-state index contributed by atoms with van der Waals surface area (Å²) in [5.41, 5.74) is 0.579. The van der Waals surface area contributed by atoms with Crippen LogP contribution in [0.4, 0.5) is 23.0 Å². The number of likely N-dealkylation sites (N-methyl/N-ethyl adjacent to an activating group) is 1. The Morgan fingerprint density at radius 1 is 1.16 bits per heavy atom. The predicted octanol–water partition coefficient (Wildman–Crippen LogP) is 1.89. The molecular formula is C16H20N6O3. The third kappa shape index (κ3) is 3.77. The van der Waals surface area contributed by atoms with Crippen LogP contribution in [-0.4, -0.2) is 60.1 Å². The summed E-state index contributed by atoms with van der Waals surface area (Å²) in [5, 5.41) is 14.7. The van der Waals surface area contributed by atoms with E-state index in [1.807, 2.05) is 11.9 Å². The molecule has 0 saturated carbocycles. The van der Waals surface area contributed by atoms with Crippen LogP contribution in [0, 0.1) is 10.1 Å². The molecule has 0 unspecified atom stereocenters. The van der Waals surface area contributed by atoms with E-state index in [1.165, 1.54) is 6.33 Å². The molecule has 0 bridgehead atoms. The number of nitro groups is 1. The summed E-state index contributed by atoms with van der Waals surface area (Å²) in [6, 6.07) is 7.11. The van der Waals surface area contributed by atoms with Gasteiger partial charge in [-0.05, 0) is 31.3 Å². The summed E-state index contributed by atoms with van der Waals surface area (Å²) in [6.45, 7) is 3.05. The Hall–Kier alpha value is -2.94. The molecule has 0 atom stereocenters. The number of piperazine rings is 1. The summed E-state index contributed by atoms with van der Waals surface area (Å²) in [5.74, 6) is 1.24. The Morgan fingerprint density at radius 2 is 1.84 bits per heavy atom. The summed E-state index contributed by atoms with van der Waals surface area (Å²) < 4.78 is 5.12. The topological polar surface area (TPSA) is 96.7 Å². The van der Waals surface area contributed by atoms with Crippen molar-refractivity contribution >= 4 is 23.0 Å². The lowest BCUT2D eigenvalue weighted by Crippen LogP contribution is -2.45. The van der Waals surface area contributed by atoms with E-state index >= 15 is 0 Å². The van der Waals surface area contributed by atoms with Gasteiger partial charge in [0.05, 0.1) is 12.0 Å². The van der Waals surface area contributed by atoms with Crippen molar-refractivity contribution in [1.82, 2.24) is 14.9 Å². The van der Waals surface area contributed by atoms with Crippen LogP contribution in [0.3, 0.4) is 0 Å². The molecule has 0 spiro atoms. The zero-order chi connectivity index (χ0) is 17.8. The van der Waals surface area contributed by atoms with Crippen molar-refractivity contribution in [2.45, 2.75) is 0 Å². The van der Waals surface area contributed by atoms with Gasteiger partial charge in [-0.1, -0.05) is 0 Å². The minimum Gasteiger partial charge on any atom is -0.497 e. The molecule has 132 valence electrons. The maximum absolute atomic E-state index is 11.7. The first-order valence-electron chi connectivity index (χ1n) is 7.92. The van der Waals surface area contributed by atoms with E-state index in [0.29, 0.717) is 30.3 Å². The Labute approximate surface area is 145 Å². The Morgan fingerprint density at radius 3 is 2.44 bits per heavy atom. The van der Waals surface area contributed by atoms with Crippen LogP contribution in [0.1, 0.15) is 0 Å². The average molecular weight is 344 g/mol. The number of methoxy groups -OCH3 is 1. The number of rotatable bonds is 5. The van der Waals surface area contributed by atoms with Crippen molar-refractivity contribution in [2.75, 3.05) is 50.6 Å². The summed E-state index contributed by atoms with van der Waals surface area (Å²) >= 11 is 0. The number of hydrogen-bond donors (Lipinski definition) is 1. The van der Waals surface area contributed by atoms with Gasteiger partial charge in [-0.25, -0.2) is 9.97 Å². The molecule has 2 heterocycles. The van der Waals surface area contributed by atoms with Gasteiger partial charge in [-0.3, -0.25) is 10.1 Å². The van der Waals surface area contributed by atoms with Crippen molar-refractivity contribution in [3.05, 3.63) is 40.7 Å². The van der Waals surface area contributed by atoms with E-state index in [4.69, 9.17) is 4.74 Å². The Balaban J connectivity index is 1.90. The predicted molar refractivity (Wildman–Crippen MR) is 94.7 cm³/mol. The van der Waals surface area contributed by atoms with Gasteiger partial charge < -0.3 is 19.9 Å². The van der Waals surface area contributed by atoms with Crippen LogP contribution in [0.15, 0.2) is 30.6 Å². The molecule has 1 aliphatic rings. The summed E-state index contributed by atoms with van der Waals surface area (Å²) in [4.78, 5) is 23.6. The second-order valence-corrected chi connectivity index (χ2v) is 5.80. The molecule has 3 rings (SSSR count). The zero-order valence-electron chi connectivity index (χ0n) is 14.2. The maximum Gasteiger partial charge on any atom is 0.353 e. The lowest BCUT2D eigenvalue weighted by molar-refractivity contribution is -0.383. The van der Waals surface area contributed by atoms with Gasteiger partial charge >= 0.3 is 5.69 Å². The highest BCUT2D eigenvalue weighted by atomic mass is 16.6. The molecule has 9 nitrogen and oxygen atoms in total. The van der Waals surface area contributed by atoms with Crippen LogP contribution in [-0.2, 0) is 0 Å². The van der Waals surface area contributed by atoms with Crippen molar-refractivity contribution in [3.63, 3.8) is 0 Å².